The van der Waals surface area contributed by atoms with Gasteiger partial charge in [0.15, 0.2) is 0 Å². The van der Waals surface area contributed by atoms with Crippen LogP contribution in [-0.2, 0) is 24.3 Å². The molecule has 5 rings (SSSR count). The van der Waals surface area contributed by atoms with Gasteiger partial charge in [0.05, 0.1) is 11.0 Å². The first-order valence-corrected chi connectivity index (χ1v) is 13.0. The number of aromatic nitrogens is 2. The number of fused-ring (bicyclic) bond motifs is 2. The molecule has 5 nitrogen and oxygen atoms in total. The van der Waals surface area contributed by atoms with Gasteiger partial charge in [0.1, 0.15) is 12.0 Å². The third-order valence-corrected chi connectivity index (χ3v) is 6.92. The Bertz CT molecular complexity index is 1540. The van der Waals surface area contributed by atoms with E-state index in [0.717, 1.165) is 54.3 Å². The summed E-state index contributed by atoms with van der Waals surface area (Å²) in [4.78, 5) is 10.3. The van der Waals surface area contributed by atoms with Gasteiger partial charge in [-0.1, -0.05) is 79.3 Å². The molecule has 1 N–H and O–H groups in total. The highest BCUT2D eigenvalue weighted by Crippen LogP contribution is 2.25. The first-order valence-electron chi connectivity index (χ1n) is 13.0. The average molecular weight is 507 g/mol. The molecule has 0 aliphatic heterocycles. The first kappa shape index (κ1) is 27.1. The van der Waals surface area contributed by atoms with Crippen LogP contribution in [0.25, 0.3) is 21.8 Å². The lowest BCUT2D eigenvalue weighted by Crippen LogP contribution is -2.19. The number of benzene rings is 3. The predicted molar refractivity (Wildman–Crippen MR) is 158 cm³/mol. The fraction of sp³-hybridized carbons (Fsp3) is 0.273. The van der Waals surface area contributed by atoms with E-state index in [0.29, 0.717) is 6.61 Å². The summed E-state index contributed by atoms with van der Waals surface area (Å²) in [5.41, 5.74) is 7.29. The van der Waals surface area contributed by atoms with Crippen LogP contribution in [0.5, 0.6) is 0 Å². The molecule has 0 unspecified atom stereocenters. The van der Waals surface area contributed by atoms with Crippen LogP contribution < -0.4 is 10.7 Å². The van der Waals surface area contributed by atoms with Crippen molar-refractivity contribution in [1.82, 2.24) is 14.9 Å². The molecule has 0 aliphatic carbocycles. The van der Waals surface area contributed by atoms with Gasteiger partial charge < -0.3 is 14.7 Å². The number of nitrogens with zero attached hydrogens (tertiary/aromatic N) is 3. The number of pyridine rings is 2. The molecule has 2 aromatic heterocycles. The molecule has 2 heterocycles. The molecular weight excluding hydrogens is 468 g/mol. The summed E-state index contributed by atoms with van der Waals surface area (Å²) >= 11 is 0. The topological polar surface area (TPSA) is 51.4 Å². The lowest BCUT2D eigenvalue weighted by molar-refractivity contribution is 0.137. The van der Waals surface area contributed by atoms with E-state index in [1.54, 1.807) is 0 Å². The van der Waals surface area contributed by atoms with E-state index in [-0.39, 0.29) is 7.43 Å². The van der Waals surface area contributed by atoms with Crippen LogP contribution >= 0.6 is 0 Å². The van der Waals surface area contributed by atoms with Crippen LogP contribution in [0, 0.1) is 13.8 Å². The molecular formula is C33H38N4O. The number of nitrogens with one attached hydrogen (secondary N) is 1. The SMILES string of the molecule is C.Cc1ccc2/c(=N/OCCc3ccccn3)c3ccccc3n(CCCNCc3ccccc3)c2c1C. The minimum Gasteiger partial charge on any atom is -0.395 e. The van der Waals surface area contributed by atoms with E-state index in [1.165, 1.54) is 27.7 Å². The third kappa shape index (κ3) is 6.12. The molecule has 3 aromatic carbocycles. The molecule has 38 heavy (non-hydrogen) atoms. The largest absolute Gasteiger partial charge is 0.395 e. The fourth-order valence-corrected chi connectivity index (χ4v) is 4.84. The van der Waals surface area contributed by atoms with Crippen molar-refractivity contribution in [3.8, 4) is 0 Å². The second-order valence-electron chi connectivity index (χ2n) is 9.43. The van der Waals surface area contributed by atoms with Crippen molar-refractivity contribution in [2.24, 2.45) is 5.16 Å². The summed E-state index contributed by atoms with van der Waals surface area (Å²) in [7, 11) is 0. The number of aryl methyl sites for hydroxylation is 3. The molecule has 5 heteroatoms. The maximum absolute atomic E-state index is 5.87. The van der Waals surface area contributed by atoms with Crippen LogP contribution in [0.15, 0.2) is 96.3 Å². The Hall–Kier alpha value is -3.96. The van der Waals surface area contributed by atoms with Gasteiger partial charge in [0.25, 0.3) is 0 Å². The van der Waals surface area contributed by atoms with E-state index in [2.05, 4.69) is 101 Å². The molecule has 5 aromatic rings. The third-order valence-electron chi connectivity index (χ3n) is 6.92. The lowest BCUT2D eigenvalue weighted by Gasteiger charge is -2.19. The highest BCUT2D eigenvalue weighted by Gasteiger charge is 2.13. The van der Waals surface area contributed by atoms with Crippen LogP contribution in [0.1, 0.15) is 36.2 Å². The van der Waals surface area contributed by atoms with Gasteiger partial charge in [-0.2, -0.15) is 0 Å². The molecule has 0 bridgehead atoms. The van der Waals surface area contributed by atoms with Crippen molar-refractivity contribution >= 4 is 21.8 Å². The molecule has 196 valence electrons. The van der Waals surface area contributed by atoms with Gasteiger partial charge in [-0.25, -0.2) is 0 Å². The highest BCUT2D eigenvalue weighted by atomic mass is 16.6. The number of hydrogen-bond acceptors (Lipinski definition) is 4. The van der Waals surface area contributed by atoms with Crippen LogP contribution in [0.2, 0.25) is 0 Å². The van der Waals surface area contributed by atoms with E-state index in [4.69, 9.17) is 4.84 Å². The summed E-state index contributed by atoms with van der Waals surface area (Å²) in [5, 5.41) is 11.4. The Balaban J connectivity index is 0.00000336. The highest BCUT2D eigenvalue weighted by molar-refractivity contribution is 5.95. The second kappa shape index (κ2) is 13.0. The Morgan fingerprint density at radius 2 is 1.66 bits per heavy atom. The van der Waals surface area contributed by atoms with Gasteiger partial charge in [0, 0.05) is 42.2 Å². The predicted octanol–water partition coefficient (Wildman–Crippen LogP) is 6.70. The zero-order valence-corrected chi connectivity index (χ0v) is 21.7. The van der Waals surface area contributed by atoms with Gasteiger partial charge in [-0.3, -0.25) is 4.98 Å². The quantitative estimate of drug-likeness (QED) is 0.130. The van der Waals surface area contributed by atoms with Crippen molar-refractivity contribution in [3.63, 3.8) is 0 Å². The summed E-state index contributed by atoms with van der Waals surface area (Å²) in [6, 6.07) is 29.4. The molecule has 0 radical (unpaired) electrons. The zero-order valence-electron chi connectivity index (χ0n) is 21.7. The molecule has 0 saturated carbocycles. The van der Waals surface area contributed by atoms with Crippen molar-refractivity contribution < 1.29 is 4.84 Å². The fourth-order valence-electron chi connectivity index (χ4n) is 4.84. The van der Waals surface area contributed by atoms with Crippen LogP contribution in [-0.4, -0.2) is 22.7 Å². The minimum absolute atomic E-state index is 0. The minimum atomic E-state index is 0. The molecule has 0 atom stereocenters. The Morgan fingerprint density at radius 3 is 2.47 bits per heavy atom. The van der Waals surface area contributed by atoms with E-state index >= 15 is 0 Å². The number of hydrogen-bond donors (Lipinski definition) is 1. The maximum Gasteiger partial charge on any atom is 0.122 e. The molecule has 0 spiro atoms. The zero-order chi connectivity index (χ0) is 25.5. The average Bonchev–Trinajstić information content (AvgIpc) is 2.94. The Labute approximate surface area is 225 Å². The van der Waals surface area contributed by atoms with E-state index in [1.807, 2.05) is 24.4 Å². The van der Waals surface area contributed by atoms with E-state index < -0.39 is 0 Å². The smallest absolute Gasteiger partial charge is 0.122 e. The molecule has 0 fully saturated rings. The standard InChI is InChI=1S/C32H34N4O.CH4/c1-24-16-17-29-31(35-37-22-18-27-13-8-9-20-34-27)28-14-6-7-15-30(28)36(32(29)25(24)2)21-10-19-33-23-26-11-4-3-5-12-26;/h3-9,11-17,20,33H,10,18-19,21-23H2,1-2H3;1H4/b35-31+;. The van der Waals surface area contributed by atoms with Crippen LogP contribution in [0.4, 0.5) is 0 Å². The van der Waals surface area contributed by atoms with Crippen LogP contribution in [0.3, 0.4) is 0 Å². The van der Waals surface area contributed by atoms with Gasteiger partial charge in [-0.05, 0) is 61.7 Å². The van der Waals surface area contributed by atoms with Crippen molar-refractivity contribution in [3.05, 3.63) is 119 Å². The monoisotopic (exact) mass is 506 g/mol. The molecule has 0 aliphatic rings. The number of rotatable bonds is 10. The second-order valence-corrected chi connectivity index (χ2v) is 9.43. The first-order chi connectivity index (χ1) is 18.2. The maximum atomic E-state index is 5.87. The number of para-hydroxylation sites is 1. The molecule has 0 saturated heterocycles. The lowest BCUT2D eigenvalue weighted by atomic mass is 10.0. The summed E-state index contributed by atoms with van der Waals surface area (Å²) < 4.78 is 2.46. The van der Waals surface area contributed by atoms with Crippen molar-refractivity contribution in [2.45, 2.75) is 47.2 Å². The Morgan fingerprint density at radius 1 is 0.868 bits per heavy atom. The summed E-state index contributed by atoms with van der Waals surface area (Å²) in [6.07, 6.45) is 3.56. The molecule has 0 amide bonds. The van der Waals surface area contributed by atoms with E-state index in [9.17, 15) is 0 Å². The van der Waals surface area contributed by atoms with Crippen molar-refractivity contribution in [1.29, 1.82) is 0 Å². The summed E-state index contributed by atoms with van der Waals surface area (Å²) in [6.45, 7) is 7.63. The van der Waals surface area contributed by atoms with Gasteiger partial charge >= 0.3 is 0 Å². The van der Waals surface area contributed by atoms with Crippen molar-refractivity contribution in [2.75, 3.05) is 13.2 Å². The summed E-state index contributed by atoms with van der Waals surface area (Å²) in [5.74, 6) is 0. The normalized spacial score (nSPS) is 11.6. The Kier molecular flexibility index (Phi) is 9.28. The van der Waals surface area contributed by atoms with Gasteiger partial charge in [0.2, 0.25) is 0 Å². The van der Waals surface area contributed by atoms with Gasteiger partial charge in [-0.15, -0.1) is 0 Å².